The fraction of sp³-hybridized carbons (Fsp3) is 0.385. The lowest BCUT2D eigenvalue weighted by molar-refractivity contribution is -0.141. The van der Waals surface area contributed by atoms with Crippen LogP contribution in [0.3, 0.4) is 0 Å². The third-order valence-electron chi connectivity index (χ3n) is 2.97. The molecular weight excluding hydrogens is 251 g/mol. The van der Waals surface area contributed by atoms with E-state index in [0.717, 1.165) is 4.90 Å². The van der Waals surface area contributed by atoms with E-state index in [0.29, 0.717) is 5.56 Å². The van der Waals surface area contributed by atoms with Gasteiger partial charge in [0.15, 0.2) is 0 Å². The predicted octanol–water partition coefficient (Wildman–Crippen LogP) is 2.00. The van der Waals surface area contributed by atoms with Crippen LogP contribution in [0.2, 0.25) is 0 Å². The summed E-state index contributed by atoms with van der Waals surface area (Å²) in [5.74, 6) is -1.51. The fourth-order valence-corrected chi connectivity index (χ4v) is 1.53. The van der Waals surface area contributed by atoms with E-state index in [1.165, 1.54) is 20.0 Å². The van der Waals surface area contributed by atoms with Crippen molar-refractivity contribution in [1.82, 2.24) is 10.2 Å². The topological polar surface area (TPSA) is 69.6 Å². The first-order valence-electron chi connectivity index (χ1n) is 5.85. The van der Waals surface area contributed by atoms with Crippen molar-refractivity contribution in [2.75, 3.05) is 7.05 Å². The summed E-state index contributed by atoms with van der Waals surface area (Å²) in [5, 5.41) is 11.4. The predicted molar refractivity (Wildman–Crippen MR) is 68.2 cm³/mol. The number of carboxylic acid groups (broad SMARTS) is 1. The third kappa shape index (κ3) is 3.67. The lowest BCUT2D eigenvalue weighted by Gasteiger charge is -2.24. The van der Waals surface area contributed by atoms with Crippen molar-refractivity contribution < 1.29 is 19.1 Å². The molecule has 1 aromatic rings. The molecule has 2 N–H and O–H groups in total. The highest BCUT2D eigenvalue weighted by Crippen LogP contribution is 2.16. The summed E-state index contributed by atoms with van der Waals surface area (Å²) in [6.07, 6.45) is 0. The van der Waals surface area contributed by atoms with Gasteiger partial charge < -0.3 is 15.3 Å². The Morgan fingerprint density at radius 2 is 1.89 bits per heavy atom. The average Bonchev–Trinajstić information content (AvgIpc) is 2.37. The molecule has 0 saturated carbocycles. The van der Waals surface area contributed by atoms with Crippen LogP contribution in [0.4, 0.5) is 9.18 Å². The zero-order valence-electron chi connectivity index (χ0n) is 11.1. The molecule has 19 heavy (non-hydrogen) atoms. The molecule has 2 unspecified atom stereocenters. The molecule has 0 aliphatic rings. The first-order valence-corrected chi connectivity index (χ1v) is 5.85. The summed E-state index contributed by atoms with van der Waals surface area (Å²) >= 11 is 0. The zero-order chi connectivity index (χ0) is 14.6. The van der Waals surface area contributed by atoms with Crippen LogP contribution in [0.1, 0.15) is 25.5 Å². The summed E-state index contributed by atoms with van der Waals surface area (Å²) in [6.45, 7) is 3.03. The Kier molecular flexibility index (Phi) is 4.86. The number of hydrogen-bond acceptors (Lipinski definition) is 2. The third-order valence-corrected chi connectivity index (χ3v) is 2.97. The smallest absolute Gasteiger partial charge is 0.326 e. The summed E-state index contributed by atoms with van der Waals surface area (Å²) in [5.41, 5.74) is 0.354. The molecule has 2 amide bonds. The minimum atomic E-state index is -1.10. The van der Waals surface area contributed by atoms with E-state index < -0.39 is 29.9 Å². The second-order valence-corrected chi connectivity index (χ2v) is 4.32. The van der Waals surface area contributed by atoms with Crippen molar-refractivity contribution in [2.24, 2.45) is 0 Å². The summed E-state index contributed by atoms with van der Waals surface area (Å²) in [7, 11) is 1.38. The molecule has 2 atom stereocenters. The number of hydrogen-bond donors (Lipinski definition) is 2. The van der Waals surface area contributed by atoms with E-state index in [1.807, 2.05) is 0 Å². The number of amides is 2. The van der Waals surface area contributed by atoms with Crippen LogP contribution in [0.5, 0.6) is 0 Å². The molecule has 0 heterocycles. The van der Waals surface area contributed by atoms with Crippen LogP contribution in [0.25, 0.3) is 0 Å². The molecule has 1 rings (SSSR count). The molecule has 104 valence electrons. The SMILES string of the molecule is CC(NC(=O)N(C)C(C)C(=O)O)c1ccccc1F. The lowest BCUT2D eigenvalue weighted by Crippen LogP contribution is -2.46. The van der Waals surface area contributed by atoms with Crippen molar-refractivity contribution in [1.29, 1.82) is 0 Å². The Bertz CT molecular complexity index is 479. The minimum Gasteiger partial charge on any atom is -0.480 e. The van der Waals surface area contributed by atoms with Crippen LogP contribution in [0, 0.1) is 5.82 Å². The van der Waals surface area contributed by atoms with Crippen molar-refractivity contribution >= 4 is 12.0 Å². The Hall–Kier alpha value is -2.11. The van der Waals surface area contributed by atoms with E-state index in [2.05, 4.69) is 5.32 Å². The maximum Gasteiger partial charge on any atom is 0.326 e. The normalized spacial score (nSPS) is 13.5. The van der Waals surface area contributed by atoms with Gasteiger partial charge in [-0.2, -0.15) is 0 Å². The number of aliphatic carboxylic acids is 1. The number of likely N-dealkylation sites (N-methyl/N-ethyl adjacent to an activating group) is 1. The maximum atomic E-state index is 13.5. The van der Waals surface area contributed by atoms with Gasteiger partial charge in [0.25, 0.3) is 0 Å². The number of carbonyl (C=O) groups excluding carboxylic acids is 1. The number of carboxylic acids is 1. The van der Waals surface area contributed by atoms with Gasteiger partial charge in [0.05, 0.1) is 6.04 Å². The summed E-state index contributed by atoms with van der Waals surface area (Å²) in [6, 6.07) is 4.05. The molecular formula is C13H17FN2O3. The molecule has 0 spiro atoms. The van der Waals surface area contributed by atoms with E-state index in [9.17, 15) is 14.0 Å². The van der Waals surface area contributed by atoms with Crippen molar-refractivity contribution in [2.45, 2.75) is 25.9 Å². The standard InChI is InChI=1S/C13H17FN2O3/c1-8(10-6-4-5-7-11(10)14)15-13(19)16(3)9(2)12(17)18/h4-9H,1-3H3,(H,15,19)(H,17,18). The maximum absolute atomic E-state index is 13.5. The van der Waals surface area contributed by atoms with Gasteiger partial charge in [0, 0.05) is 12.6 Å². The second kappa shape index (κ2) is 6.17. The molecule has 1 aromatic carbocycles. The molecule has 6 heteroatoms. The first-order chi connectivity index (χ1) is 8.84. The van der Waals surface area contributed by atoms with Gasteiger partial charge >= 0.3 is 12.0 Å². The van der Waals surface area contributed by atoms with Crippen LogP contribution in [-0.4, -0.2) is 35.1 Å². The van der Waals surface area contributed by atoms with E-state index in [1.54, 1.807) is 25.1 Å². The Labute approximate surface area is 111 Å². The lowest BCUT2D eigenvalue weighted by atomic mass is 10.1. The minimum absolute atomic E-state index is 0.354. The van der Waals surface area contributed by atoms with Gasteiger partial charge in [-0.3, -0.25) is 0 Å². The Morgan fingerprint density at radius 3 is 2.42 bits per heavy atom. The van der Waals surface area contributed by atoms with Crippen molar-refractivity contribution in [3.8, 4) is 0 Å². The van der Waals surface area contributed by atoms with Gasteiger partial charge in [-0.05, 0) is 19.9 Å². The van der Waals surface area contributed by atoms with Gasteiger partial charge in [0.1, 0.15) is 11.9 Å². The molecule has 0 aromatic heterocycles. The van der Waals surface area contributed by atoms with Crippen LogP contribution >= 0.6 is 0 Å². The largest absolute Gasteiger partial charge is 0.480 e. The van der Waals surface area contributed by atoms with Gasteiger partial charge in [-0.15, -0.1) is 0 Å². The number of carbonyl (C=O) groups is 2. The van der Waals surface area contributed by atoms with Crippen LogP contribution in [0.15, 0.2) is 24.3 Å². The Morgan fingerprint density at radius 1 is 1.32 bits per heavy atom. The number of nitrogens with zero attached hydrogens (tertiary/aromatic N) is 1. The quantitative estimate of drug-likeness (QED) is 0.877. The monoisotopic (exact) mass is 268 g/mol. The average molecular weight is 268 g/mol. The number of urea groups is 1. The van der Waals surface area contributed by atoms with E-state index in [4.69, 9.17) is 5.11 Å². The molecule has 0 aliphatic heterocycles. The fourth-order valence-electron chi connectivity index (χ4n) is 1.53. The van der Waals surface area contributed by atoms with Gasteiger partial charge in [0.2, 0.25) is 0 Å². The highest BCUT2D eigenvalue weighted by atomic mass is 19.1. The summed E-state index contributed by atoms with van der Waals surface area (Å²) < 4.78 is 13.5. The summed E-state index contributed by atoms with van der Waals surface area (Å²) in [4.78, 5) is 23.6. The highest BCUT2D eigenvalue weighted by Gasteiger charge is 2.23. The first kappa shape index (κ1) is 14.9. The van der Waals surface area contributed by atoms with Gasteiger partial charge in [-0.25, -0.2) is 14.0 Å². The Balaban J connectivity index is 2.72. The van der Waals surface area contributed by atoms with Gasteiger partial charge in [-0.1, -0.05) is 18.2 Å². The molecule has 0 bridgehead atoms. The van der Waals surface area contributed by atoms with Crippen LogP contribution in [-0.2, 0) is 4.79 Å². The number of benzene rings is 1. The van der Waals surface area contributed by atoms with Crippen molar-refractivity contribution in [3.05, 3.63) is 35.6 Å². The number of halogens is 1. The van der Waals surface area contributed by atoms with E-state index in [-0.39, 0.29) is 0 Å². The molecule has 0 radical (unpaired) electrons. The molecule has 0 aliphatic carbocycles. The molecule has 0 saturated heterocycles. The highest BCUT2D eigenvalue weighted by molar-refractivity contribution is 5.82. The second-order valence-electron chi connectivity index (χ2n) is 4.32. The molecule has 0 fully saturated rings. The molecule has 5 nitrogen and oxygen atoms in total. The van der Waals surface area contributed by atoms with E-state index >= 15 is 0 Å². The van der Waals surface area contributed by atoms with Crippen LogP contribution < -0.4 is 5.32 Å². The van der Waals surface area contributed by atoms with Crippen molar-refractivity contribution in [3.63, 3.8) is 0 Å². The zero-order valence-corrected chi connectivity index (χ0v) is 11.1. The number of nitrogens with one attached hydrogen (secondary N) is 1. The number of rotatable bonds is 4.